The van der Waals surface area contributed by atoms with Gasteiger partial charge in [-0.15, -0.1) is 6.58 Å². The highest BCUT2D eigenvalue weighted by Gasteiger charge is 2.25. The number of aryl methyl sites for hydroxylation is 1. The van der Waals surface area contributed by atoms with Crippen molar-refractivity contribution in [3.8, 4) is 0 Å². The highest BCUT2D eigenvalue weighted by Crippen LogP contribution is 2.20. The van der Waals surface area contributed by atoms with Gasteiger partial charge in [-0.25, -0.2) is 13.2 Å². The molecule has 0 aliphatic rings. The van der Waals surface area contributed by atoms with Crippen molar-refractivity contribution in [2.75, 3.05) is 19.6 Å². The van der Waals surface area contributed by atoms with Gasteiger partial charge in [-0.3, -0.25) is 4.79 Å². The van der Waals surface area contributed by atoms with Crippen LogP contribution in [0.3, 0.4) is 0 Å². The van der Waals surface area contributed by atoms with Crippen LogP contribution in [-0.4, -0.2) is 50.3 Å². The van der Waals surface area contributed by atoms with Gasteiger partial charge in [0.15, 0.2) is 6.10 Å². The van der Waals surface area contributed by atoms with Crippen molar-refractivity contribution >= 4 is 21.9 Å². The molecule has 7 nitrogen and oxygen atoms in total. The Morgan fingerprint density at radius 2 is 1.92 bits per heavy atom. The molecule has 1 aromatic carbocycles. The molecular formula is C18H26N2O5S. The molecule has 26 heavy (non-hydrogen) atoms. The Morgan fingerprint density at radius 3 is 2.46 bits per heavy atom. The van der Waals surface area contributed by atoms with E-state index < -0.39 is 28.0 Å². The van der Waals surface area contributed by atoms with Gasteiger partial charge in [0.05, 0.1) is 10.5 Å². The van der Waals surface area contributed by atoms with Gasteiger partial charge in [-0.05, 0) is 31.5 Å². The van der Waals surface area contributed by atoms with E-state index in [9.17, 15) is 18.0 Å². The lowest BCUT2D eigenvalue weighted by atomic mass is 10.1. The summed E-state index contributed by atoms with van der Waals surface area (Å²) < 4.78 is 31.7. The number of amides is 1. The van der Waals surface area contributed by atoms with E-state index in [1.165, 1.54) is 29.4 Å². The summed E-state index contributed by atoms with van der Waals surface area (Å²) in [4.78, 5) is 24.2. The minimum Gasteiger partial charge on any atom is -0.449 e. The minimum atomic E-state index is -3.70. The summed E-state index contributed by atoms with van der Waals surface area (Å²) in [7, 11) is -3.70. The van der Waals surface area contributed by atoms with Crippen molar-refractivity contribution in [3.63, 3.8) is 0 Å². The number of carbonyl (C=O) groups is 2. The topological polar surface area (TPSA) is 92.8 Å². The van der Waals surface area contributed by atoms with Gasteiger partial charge in [0.1, 0.15) is 0 Å². The molecule has 0 aliphatic heterocycles. The molecule has 0 heterocycles. The van der Waals surface area contributed by atoms with Crippen molar-refractivity contribution in [1.82, 2.24) is 9.62 Å². The van der Waals surface area contributed by atoms with Crippen LogP contribution in [0.15, 0.2) is 35.7 Å². The second-order valence-corrected chi connectivity index (χ2v) is 7.59. The lowest BCUT2D eigenvalue weighted by molar-refractivity contribution is -0.128. The predicted octanol–water partition coefficient (Wildman–Crippen LogP) is 1.87. The molecule has 8 heteroatoms. The minimum absolute atomic E-state index is 0.0162. The molecule has 0 bridgehead atoms. The van der Waals surface area contributed by atoms with Gasteiger partial charge in [0.25, 0.3) is 5.91 Å². The van der Waals surface area contributed by atoms with E-state index in [-0.39, 0.29) is 17.0 Å². The molecule has 1 aromatic rings. The monoisotopic (exact) mass is 382 g/mol. The Hall–Kier alpha value is -2.19. The summed E-state index contributed by atoms with van der Waals surface area (Å²) in [6, 6.07) is 4.30. The number of hydrogen-bond donors (Lipinski definition) is 1. The first-order valence-electron chi connectivity index (χ1n) is 8.39. The van der Waals surface area contributed by atoms with E-state index in [0.717, 1.165) is 0 Å². The second-order valence-electron chi connectivity index (χ2n) is 5.65. The van der Waals surface area contributed by atoms with Crippen LogP contribution in [0.5, 0.6) is 0 Å². The van der Waals surface area contributed by atoms with Crippen LogP contribution in [0, 0.1) is 6.92 Å². The standard InChI is InChI=1S/C18H26N2O5S/c1-6-11-19-17(21)14(5)25-18(22)16-12-15(10-9-13(16)4)26(23,24)20(7-2)8-3/h6,9-10,12,14H,1,7-8,11H2,2-5H3,(H,19,21)/t14-/m0/s1. The molecule has 1 N–H and O–H groups in total. The van der Waals surface area contributed by atoms with Crippen molar-refractivity contribution in [3.05, 3.63) is 42.0 Å². The fourth-order valence-corrected chi connectivity index (χ4v) is 3.77. The maximum atomic E-state index is 12.6. The maximum absolute atomic E-state index is 12.6. The summed E-state index contributed by atoms with van der Waals surface area (Å²) in [6.07, 6.45) is 0.503. The van der Waals surface area contributed by atoms with Crippen LogP contribution in [0.4, 0.5) is 0 Å². The summed E-state index contributed by atoms with van der Waals surface area (Å²) >= 11 is 0. The first-order chi connectivity index (χ1) is 12.2. The van der Waals surface area contributed by atoms with Gasteiger partial charge in [-0.1, -0.05) is 26.0 Å². The molecule has 0 aliphatic carbocycles. The van der Waals surface area contributed by atoms with Crippen LogP contribution >= 0.6 is 0 Å². The molecule has 0 unspecified atom stereocenters. The number of carbonyl (C=O) groups excluding carboxylic acids is 2. The quantitative estimate of drug-likeness (QED) is 0.520. The van der Waals surface area contributed by atoms with Crippen molar-refractivity contribution in [1.29, 1.82) is 0 Å². The Kier molecular flexibility index (Phi) is 7.98. The Balaban J connectivity index is 3.08. The third-order valence-corrected chi connectivity index (χ3v) is 5.89. The molecule has 144 valence electrons. The molecule has 0 spiro atoms. The number of nitrogens with one attached hydrogen (secondary N) is 1. The van der Waals surface area contributed by atoms with Gasteiger partial charge < -0.3 is 10.1 Å². The normalized spacial score (nSPS) is 12.5. The number of nitrogens with zero attached hydrogens (tertiary/aromatic N) is 1. The zero-order valence-corrected chi connectivity index (χ0v) is 16.4. The lowest BCUT2D eigenvalue weighted by Gasteiger charge is -2.19. The summed E-state index contributed by atoms with van der Waals surface area (Å²) in [5.74, 6) is -1.21. The molecule has 1 amide bonds. The summed E-state index contributed by atoms with van der Waals surface area (Å²) in [5.41, 5.74) is 0.675. The Morgan fingerprint density at radius 1 is 1.31 bits per heavy atom. The molecule has 0 aromatic heterocycles. The van der Waals surface area contributed by atoms with Crippen LogP contribution in [-0.2, 0) is 19.6 Å². The number of benzene rings is 1. The zero-order chi connectivity index (χ0) is 19.9. The van der Waals surface area contributed by atoms with Crippen LogP contribution < -0.4 is 5.32 Å². The largest absolute Gasteiger partial charge is 0.449 e. The number of rotatable bonds is 9. The highest BCUT2D eigenvalue weighted by molar-refractivity contribution is 7.89. The maximum Gasteiger partial charge on any atom is 0.339 e. The van der Waals surface area contributed by atoms with E-state index >= 15 is 0 Å². The van der Waals surface area contributed by atoms with E-state index in [0.29, 0.717) is 18.7 Å². The first-order valence-corrected chi connectivity index (χ1v) is 9.83. The third-order valence-electron chi connectivity index (χ3n) is 3.85. The lowest BCUT2D eigenvalue weighted by Crippen LogP contribution is -2.36. The van der Waals surface area contributed by atoms with Gasteiger partial charge in [-0.2, -0.15) is 4.31 Å². The number of esters is 1. The SMILES string of the molecule is C=CCNC(=O)[C@H](C)OC(=O)c1cc(S(=O)(=O)N(CC)CC)ccc1C. The number of hydrogen-bond acceptors (Lipinski definition) is 5. The van der Waals surface area contributed by atoms with Gasteiger partial charge >= 0.3 is 5.97 Å². The molecule has 0 fully saturated rings. The van der Waals surface area contributed by atoms with Crippen LogP contribution in [0.2, 0.25) is 0 Å². The van der Waals surface area contributed by atoms with Gasteiger partial charge in [0.2, 0.25) is 10.0 Å². The van der Waals surface area contributed by atoms with Crippen molar-refractivity contribution in [2.45, 2.75) is 38.7 Å². The van der Waals surface area contributed by atoms with Crippen LogP contribution in [0.25, 0.3) is 0 Å². The second kappa shape index (κ2) is 9.49. The molecular weight excluding hydrogens is 356 g/mol. The first kappa shape index (κ1) is 21.9. The Bertz CT molecular complexity index is 770. The fourth-order valence-electron chi connectivity index (χ4n) is 2.29. The third kappa shape index (κ3) is 5.15. The predicted molar refractivity (Wildman–Crippen MR) is 99.4 cm³/mol. The van der Waals surface area contributed by atoms with E-state index in [1.54, 1.807) is 26.8 Å². The van der Waals surface area contributed by atoms with Crippen molar-refractivity contribution in [2.24, 2.45) is 0 Å². The highest BCUT2D eigenvalue weighted by atomic mass is 32.2. The zero-order valence-electron chi connectivity index (χ0n) is 15.6. The van der Waals surface area contributed by atoms with Crippen molar-refractivity contribution < 1.29 is 22.7 Å². The Labute approximate surface area is 155 Å². The van der Waals surface area contributed by atoms with E-state index in [2.05, 4.69) is 11.9 Å². The molecule has 0 saturated carbocycles. The molecule has 1 atom stereocenters. The number of sulfonamides is 1. The number of ether oxygens (including phenoxy) is 1. The average molecular weight is 382 g/mol. The molecule has 1 rings (SSSR count). The average Bonchev–Trinajstić information content (AvgIpc) is 2.60. The van der Waals surface area contributed by atoms with E-state index in [1.807, 2.05) is 0 Å². The smallest absolute Gasteiger partial charge is 0.339 e. The molecule has 0 saturated heterocycles. The summed E-state index contributed by atoms with van der Waals surface area (Å²) in [6.45, 7) is 11.0. The van der Waals surface area contributed by atoms with E-state index in [4.69, 9.17) is 4.74 Å². The molecule has 0 radical (unpaired) electrons. The summed E-state index contributed by atoms with van der Waals surface area (Å²) in [5, 5.41) is 2.53. The fraction of sp³-hybridized carbons (Fsp3) is 0.444. The van der Waals surface area contributed by atoms with Gasteiger partial charge in [0, 0.05) is 19.6 Å². The van der Waals surface area contributed by atoms with Crippen LogP contribution in [0.1, 0.15) is 36.7 Å².